The number of hydrogen-bond acceptors (Lipinski definition) is 6. The van der Waals surface area contributed by atoms with Crippen LogP contribution in [0, 0.1) is 16.0 Å². The number of nitrogens with zero attached hydrogens (tertiary/aromatic N) is 1. The van der Waals surface area contributed by atoms with E-state index in [1.54, 1.807) is 13.8 Å². The number of nitrogens with one attached hydrogen (secondary N) is 2. The molecule has 0 heterocycles. The second-order valence-electron chi connectivity index (χ2n) is 5.05. The van der Waals surface area contributed by atoms with Gasteiger partial charge in [-0.2, -0.15) is 0 Å². The Bertz CT molecular complexity index is 670. The summed E-state index contributed by atoms with van der Waals surface area (Å²) >= 11 is 0. The summed E-state index contributed by atoms with van der Waals surface area (Å²) in [6.45, 7) is 4.02. The van der Waals surface area contributed by atoms with Gasteiger partial charge in [0, 0.05) is 25.3 Å². The Hall–Kier alpha value is -2.16. The van der Waals surface area contributed by atoms with Gasteiger partial charge >= 0.3 is 5.69 Å². The van der Waals surface area contributed by atoms with E-state index >= 15 is 0 Å². The zero-order chi connectivity index (χ0) is 16.9. The van der Waals surface area contributed by atoms with Gasteiger partial charge in [-0.1, -0.05) is 19.9 Å². The highest BCUT2D eigenvalue weighted by Gasteiger charge is 2.25. The van der Waals surface area contributed by atoms with Crippen LogP contribution in [0.4, 0.5) is 11.4 Å². The van der Waals surface area contributed by atoms with Gasteiger partial charge in [0.25, 0.3) is 0 Å². The first kappa shape index (κ1) is 17.9. The Labute approximate surface area is 129 Å². The van der Waals surface area contributed by atoms with Crippen LogP contribution in [-0.2, 0) is 14.6 Å². The van der Waals surface area contributed by atoms with Crippen LogP contribution in [0.25, 0.3) is 0 Å². The second-order valence-corrected chi connectivity index (χ2v) is 7.04. The fourth-order valence-electron chi connectivity index (χ4n) is 1.74. The van der Waals surface area contributed by atoms with Crippen LogP contribution in [0.3, 0.4) is 0 Å². The number of hydrogen-bond donors (Lipinski definition) is 2. The van der Waals surface area contributed by atoms with E-state index in [1.807, 2.05) is 0 Å². The number of nitro benzene ring substituents is 1. The highest BCUT2D eigenvalue weighted by Crippen LogP contribution is 2.31. The number of amides is 1. The predicted molar refractivity (Wildman–Crippen MR) is 82.5 cm³/mol. The summed E-state index contributed by atoms with van der Waals surface area (Å²) in [7, 11) is -3.71. The molecule has 2 N–H and O–H groups in total. The number of rotatable bonds is 7. The summed E-state index contributed by atoms with van der Waals surface area (Å²) in [5.74, 6) is -0.274. The average Bonchev–Trinajstić information content (AvgIpc) is 2.41. The van der Waals surface area contributed by atoms with Crippen LogP contribution in [0.1, 0.15) is 13.8 Å². The molecule has 122 valence electrons. The molecule has 0 aliphatic heterocycles. The molecule has 0 radical (unpaired) electrons. The van der Waals surface area contributed by atoms with E-state index in [0.29, 0.717) is 0 Å². The summed E-state index contributed by atoms with van der Waals surface area (Å²) < 4.78 is 23.2. The van der Waals surface area contributed by atoms with E-state index in [1.165, 1.54) is 18.2 Å². The van der Waals surface area contributed by atoms with Gasteiger partial charge in [0.15, 0.2) is 9.84 Å². The Morgan fingerprint density at radius 2 is 1.95 bits per heavy atom. The fraction of sp³-hybridized carbons (Fsp3) is 0.462. The molecule has 0 fully saturated rings. The Balaban J connectivity index is 2.88. The summed E-state index contributed by atoms with van der Waals surface area (Å²) in [6, 6.07) is 4.05. The minimum Gasteiger partial charge on any atom is -0.378 e. The van der Waals surface area contributed by atoms with Crippen molar-refractivity contribution in [1.82, 2.24) is 5.32 Å². The molecule has 1 rings (SSSR count). The third-order valence-electron chi connectivity index (χ3n) is 2.85. The molecule has 1 aromatic rings. The molecule has 1 aromatic carbocycles. The summed E-state index contributed by atoms with van der Waals surface area (Å²) in [5, 5.41) is 16.6. The van der Waals surface area contributed by atoms with Gasteiger partial charge in [0.05, 0.1) is 4.92 Å². The van der Waals surface area contributed by atoms with Crippen LogP contribution in [0.2, 0.25) is 0 Å². The summed E-state index contributed by atoms with van der Waals surface area (Å²) in [5.41, 5.74) is -0.382. The predicted octanol–water partition coefficient (Wildman–Crippen LogP) is 1.18. The Morgan fingerprint density at radius 1 is 1.32 bits per heavy atom. The second kappa shape index (κ2) is 7.21. The fourth-order valence-corrected chi connectivity index (χ4v) is 2.60. The molecule has 0 saturated heterocycles. The molecule has 0 atom stereocenters. The van der Waals surface area contributed by atoms with Crippen molar-refractivity contribution in [3.63, 3.8) is 0 Å². The molecule has 0 spiro atoms. The van der Waals surface area contributed by atoms with Gasteiger partial charge in [0.2, 0.25) is 5.91 Å². The Morgan fingerprint density at radius 3 is 2.45 bits per heavy atom. The Kier molecular flexibility index (Phi) is 5.86. The lowest BCUT2D eigenvalue weighted by Crippen LogP contribution is -2.32. The first-order valence-electron chi connectivity index (χ1n) is 6.63. The van der Waals surface area contributed by atoms with Crippen molar-refractivity contribution in [1.29, 1.82) is 0 Å². The number of carbonyl (C=O) groups excluding carboxylic acids is 1. The summed E-state index contributed by atoms with van der Waals surface area (Å²) in [4.78, 5) is 21.5. The molecular weight excluding hydrogens is 310 g/mol. The van der Waals surface area contributed by atoms with Crippen molar-refractivity contribution in [3.8, 4) is 0 Å². The zero-order valence-corrected chi connectivity index (χ0v) is 13.4. The monoisotopic (exact) mass is 329 g/mol. The van der Waals surface area contributed by atoms with Crippen LogP contribution in [-0.4, -0.2) is 38.6 Å². The van der Waals surface area contributed by atoms with Crippen LogP contribution in [0.5, 0.6) is 0 Å². The van der Waals surface area contributed by atoms with E-state index < -0.39 is 20.4 Å². The van der Waals surface area contributed by atoms with Gasteiger partial charge in [0.1, 0.15) is 10.6 Å². The summed E-state index contributed by atoms with van der Waals surface area (Å²) in [6.07, 6.45) is 0.919. The van der Waals surface area contributed by atoms with E-state index in [-0.39, 0.29) is 35.5 Å². The highest BCUT2D eigenvalue weighted by molar-refractivity contribution is 7.90. The lowest BCUT2D eigenvalue weighted by atomic mass is 10.2. The minimum atomic E-state index is -3.71. The highest BCUT2D eigenvalue weighted by atomic mass is 32.2. The van der Waals surface area contributed by atoms with Crippen LogP contribution in [0.15, 0.2) is 23.1 Å². The maximum atomic E-state index is 11.6. The topological polar surface area (TPSA) is 118 Å². The molecule has 0 aliphatic carbocycles. The maximum absolute atomic E-state index is 11.6. The molecule has 9 heteroatoms. The number of nitro groups is 1. The molecule has 22 heavy (non-hydrogen) atoms. The average molecular weight is 329 g/mol. The van der Waals surface area contributed by atoms with Crippen molar-refractivity contribution >= 4 is 27.1 Å². The third kappa shape index (κ3) is 4.69. The van der Waals surface area contributed by atoms with Crippen LogP contribution >= 0.6 is 0 Å². The molecular formula is C13H19N3O5S. The van der Waals surface area contributed by atoms with Crippen molar-refractivity contribution in [3.05, 3.63) is 28.3 Å². The van der Waals surface area contributed by atoms with E-state index in [2.05, 4.69) is 10.6 Å². The number of carbonyl (C=O) groups is 1. The molecule has 0 aromatic heterocycles. The SMILES string of the molecule is CC(C)C(=O)NCCNc1cccc(S(C)(=O)=O)c1[N+](=O)[O-]. The lowest BCUT2D eigenvalue weighted by Gasteiger charge is -2.11. The van der Waals surface area contributed by atoms with Gasteiger partial charge in [-0.15, -0.1) is 0 Å². The smallest absolute Gasteiger partial charge is 0.310 e. The third-order valence-corrected chi connectivity index (χ3v) is 3.97. The molecule has 8 nitrogen and oxygen atoms in total. The zero-order valence-electron chi connectivity index (χ0n) is 12.6. The van der Waals surface area contributed by atoms with E-state index in [0.717, 1.165) is 6.26 Å². The molecule has 0 saturated carbocycles. The van der Waals surface area contributed by atoms with Gasteiger partial charge < -0.3 is 10.6 Å². The molecule has 0 unspecified atom stereocenters. The first-order chi connectivity index (χ1) is 10.1. The van der Waals surface area contributed by atoms with Crippen molar-refractivity contribution in [2.24, 2.45) is 5.92 Å². The van der Waals surface area contributed by atoms with Gasteiger partial charge in [-0.05, 0) is 12.1 Å². The van der Waals surface area contributed by atoms with Gasteiger partial charge in [-0.3, -0.25) is 14.9 Å². The molecule has 0 bridgehead atoms. The number of sulfone groups is 1. The lowest BCUT2D eigenvalue weighted by molar-refractivity contribution is -0.386. The quantitative estimate of drug-likeness (QED) is 0.440. The first-order valence-corrected chi connectivity index (χ1v) is 8.52. The van der Waals surface area contributed by atoms with E-state index in [9.17, 15) is 23.3 Å². The normalized spacial score (nSPS) is 11.3. The van der Waals surface area contributed by atoms with Crippen molar-refractivity contribution in [2.45, 2.75) is 18.7 Å². The van der Waals surface area contributed by atoms with Crippen molar-refractivity contribution < 1.29 is 18.1 Å². The van der Waals surface area contributed by atoms with Crippen LogP contribution < -0.4 is 10.6 Å². The maximum Gasteiger partial charge on any atom is 0.310 e. The largest absolute Gasteiger partial charge is 0.378 e. The number of anilines is 1. The van der Waals surface area contributed by atoms with Gasteiger partial charge in [-0.25, -0.2) is 8.42 Å². The molecule has 1 amide bonds. The van der Waals surface area contributed by atoms with Crippen molar-refractivity contribution in [2.75, 3.05) is 24.7 Å². The minimum absolute atomic E-state index is 0.103. The van der Waals surface area contributed by atoms with E-state index in [4.69, 9.17) is 0 Å². The standard InChI is InChI=1S/C13H19N3O5S/c1-9(2)13(17)15-8-7-14-10-5-4-6-11(22(3,20)21)12(10)16(18)19/h4-6,9,14H,7-8H2,1-3H3,(H,15,17). The number of benzene rings is 1. The number of para-hydroxylation sites is 1. The molecule has 0 aliphatic rings.